The number of carbonyl (C=O) groups is 1. The van der Waals surface area contributed by atoms with E-state index in [0.717, 1.165) is 36.9 Å². The van der Waals surface area contributed by atoms with Crippen LogP contribution in [0.15, 0.2) is 23.6 Å². The zero-order valence-corrected chi connectivity index (χ0v) is 14.4. The summed E-state index contributed by atoms with van der Waals surface area (Å²) < 4.78 is 0. The van der Waals surface area contributed by atoms with Gasteiger partial charge in [0.25, 0.3) is 5.91 Å². The summed E-state index contributed by atoms with van der Waals surface area (Å²) in [6.45, 7) is 7.31. The van der Waals surface area contributed by atoms with Crippen molar-refractivity contribution >= 4 is 22.4 Å². The molecule has 1 saturated heterocycles. The fourth-order valence-corrected chi connectivity index (χ4v) is 3.41. The minimum absolute atomic E-state index is 0.207. The van der Waals surface area contributed by atoms with Crippen molar-refractivity contribution in [2.45, 2.75) is 33.2 Å². The third-order valence-electron chi connectivity index (χ3n) is 4.16. The Bertz CT molecular complexity index is 677. The fraction of sp³-hybridized carbons (Fsp3) is 0.471. The van der Waals surface area contributed by atoms with Crippen molar-refractivity contribution in [1.29, 1.82) is 0 Å². The Morgan fingerprint density at radius 1 is 1.35 bits per heavy atom. The van der Waals surface area contributed by atoms with E-state index in [0.29, 0.717) is 10.8 Å². The molecular formula is C17H22N4OS. The highest BCUT2D eigenvalue weighted by Gasteiger charge is 2.17. The van der Waals surface area contributed by atoms with Gasteiger partial charge in [-0.2, -0.15) is 0 Å². The van der Waals surface area contributed by atoms with E-state index in [2.05, 4.69) is 27.1 Å². The van der Waals surface area contributed by atoms with Gasteiger partial charge in [0, 0.05) is 17.6 Å². The Balaban J connectivity index is 1.58. The lowest BCUT2D eigenvalue weighted by atomic mass is 9.99. The number of thiazole rings is 1. The van der Waals surface area contributed by atoms with Crippen LogP contribution in [-0.4, -0.2) is 33.9 Å². The second-order valence-electron chi connectivity index (χ2n) is 6.22. The molecule has 5 nitrogen and oxygen atoms in total. The van der Waals surface area contributed by atoms with Gasteiger partial charge in [-0.1, -0.05) is 13.0 Å². The number of hydrogen-bond acceptors (Lipinski definition) is 5. The number of hydrogen-bond donors (Lipinski definition) is 1. The first-order valence-corrected chi connectivity index (χ1v) is 8.90. The zero-order chi connectivity index (χ0) is 16.2. The minimum Gasteiger partial charge on any atom is -0.297 e. The third-order valence-corrected chi connectivity index (χ3v) is 4.96. The molecule has 0 unspecified atom stereocenters. The van der Waals surface area contributed by atoms with Crippen molar-refractivity contribution in [3.63, 3.8) is 0 Å². The monoisotopic (exact) mass is 330 g/mol. The number of nitrogens with zero attached hydrogens (tertiary/aromatic N) is 3. The number of rotatable bonds is 4. The Labute approximate surface area is 140 Å². The Morgan fingerprint density at radius 3 is 2.87 bits per heavy atom. The molecule has 1 fully saturated rings. The lowest BCUT2D eigenvalue weighted by Crippen LogP contribution is -2.32. The quantitative estimate of drug-likeness (QED) is 0.934. The maximum Gasteiger partial charge on any atom is 0.276 e. The molecule has 122 valence electrons. The predicted octanol–water partition coefficient (Wildman–Crippen LogP) is 3.33. The van der Waals surface area contributed by atoms with E-state index in [9.17, 15) is 4.79 Å². The molecular weight excluding hydrogens is 308 g/mol. The number of aromatic nitrogens is 2. The number of aryl methyl sites for hydroxylation is 1. The first kappa shape index (κ1) is 16.1. The second-order valence-corrected chi connectivity index (χ2v) is 7.08. The molecule has 0 bridgehead atoms. The Hall–Kier alpha value is -1.79. The average Bonchev–Trinajstić information content (AvgIpc) is 2.96. The molecule has 2 aromatic rings. The maximum absolute atomic E-state index is 12.2. The van der Waals surface area contributed by atoms with Gasteiger partial charge in [0.05, 0.1) is 5.69 Å². The molecule has 0 atom stereocenters. The van der Waals surface area contributed by atoms with Crippen LogP contribution in [-0.2, 0) is 6.54 Å². The number of nitrogens with one attached hydrogen (secondary N) is 1. The summed E-state index contributed by atoms with van der Waals surface area (Å²) in [5, 5.41) is 5.50. The number of amides is 1. The van der Waals surface area contributed by atoms with Gasteiger partial charge in [0.15, 0.2) is 5.13 Å². The molecule has 3 heterocycles. The van der Waals surface area contributed by atoms with E-state index < -0.39 is 0 Å². The molecule has 0 aromatic carbocycles. The number of piperidine rings is 1. The summed E-state index contributed by atoms with van der Waals surface area (Å²) in [5.74, 6) is 0.625. The lowest BCUT2D eigenvalue weighted by Gasteiger charge is -2.29. The van der Waals surface area contributed by atoms with Crippen LogP contribution in [0.1, 0.15) is 41.6 Å². The topological polar surface area (TPSA) is 58.1 Å². The van der Waals surface area contributed by atoms with Gasteiger partial charge < -0.3 is 0 Å². The van der Waals surface area contributed by atoms with E-state index in [1.807, 2.05) is 24.4 Å². The van der Waals surface area contributed by atoms with Crippen LogP contribution in [0, 0.1) is 12.8 Å². The van der Waals surface area contributed by atoms with Crippen LogP contribution in [0.2, 0.25) is 0 Å². The van der Waals surface area contributed by atoms with Crippen LogP contribution in [0.5, 0.6) is 0 Å². The van der Waals surface area contributed by atoms with Crippen molar-refractivity contribution in [3.05, 3.63) is 40.7 Å². The van der Waals surface area contributed by atoms with Gasteiger partial charge in [-0.05, 0) is 50.9 Å². The predicted molar refractivity (Wildman–Crippen MR) is 92.7 cm³/mol. The molecule has 3 rings (SSSR count). The van der Waals surface area contributed by atoms with E-state index in [1.54, 1.807) is 6.07 Å². The van der Waals surface area contributed by atoms with Crippen molar-refractivity contribution < 1.29 is 4.79 Å². The molecule has 1 N–H and O–H groups in total. The highest BCUT2D eigenvalue weighted by molar-refractivity contribution is 7.13. The van der Waals surface area contributed by atoms with Crippen LogP contribution < -0.4 is 5.32 Å². The summed E-state index contributed by atoms with van der Waals surface area (Å²) in [6, 6.07) is 5.42. The van der Waals surface area contributed by atoms with E-state index in [1.165, 1.54) is 24.2 Å². The summed E-state index contributed by atoms with van der Waals surface area (Å²) in [6.07, 6.45) is 2.51. The van der Waals surface area contributed by atoms with Crippen LogP contribution >= 0.6 is 11.3 Å². The number of likely N-dealkylation sites (tertiary alicyclic amines) is 1. The number of anilines is 1. The summed E-state index contributed by atoms with van der Waals surface area (Å²) in [7, 11) is 0. The molecule has 0 saturated carbocycles. The van der Waals surface area contributed by atoms with Gasteiger partial charge in [-0.15, -0.1) is 11.3 Å². The van der Waals surface area contributed by atoms with Gasteiger partial charge >= 0.3 is 0 Å². The maximum atomic E-state index is 12.2. The van der Waals surface area contributed by atoms with Gasteiger partial charge in [-0.3, -0.25) is 15.0 Å². The van der Waals surface area contributed by atoms with E-state index in [-0.39, 0.29) is 5.91 Å². The second kappa shape index (κ2) is 7.19. The fourth-order valence-electron chi connectivity index (χ4n) is 2.72. The summed E-state index contributed by atoms with van der Waals surface area (Å²) >= 11 is 1.47. The minimum atomic E-state index is -0.207. The zero-order valence-electron chi connectivity index (χ0n) is 13.6. The van der Waals surface area contributed by atoms with Crippen molar-refractivity contribution in [2.24, 2.45) is 5.92 Å². The Morgan fingerprint density at radius 2 is 2.13 bits per heavy atom. The number of pyridine rings is 1. The molecule has 0 radical (unpaired) electrons. The first-order valence-electron chi connectivity index (χ1n) is 8.02. The van der Waals surface area contributed by atoms with E-state index >= 15 is 0 Å². The molecule has 0 spiro atoms. The molecule has 23 heavy (non-hydrogen) atoms. The molecule has 2 aromatic heterocycles. The van der Waals surface area contributed by atoms with Crippen LogP contribution in [0.25, 0.3) is 0 Å². The lowest BCUT2D eigenvalue weighted by molar-refractivity contribution is 0.102. The molecule has 0 aliphatic carbocycles. The normalized spacial score (nSPS) is 16.4. The Kier molecular flexibility index (Phi) is 5.03. The number of carbonyl (C=O) groups excluding carboxylic acids is 1. The molecule has 1 aliphatic rings. The van der Waals surface area contributed by atoms with Gasteiger partial charge in [0.1, 0.15) is 5.69 Å². The van der Waals surface area contributed by atoms with Gasteiger partial charge in [0.2, 0.25) is 0 Å². The van der Waals surface area contributed by atoms with Gasteiger partial charge in [-0.25, -0.2) is 9.97 Å². The SMILES string of the molecule is Cc1cccc(C(=O)Nc2nc(CN3CCC(C)CC3)cs2)n1. The molecule has 6 heteroatoms. The summed E-state index contributed by atoms with van der Waals surface area (Å²) in [5.41, 5.74) is 2.28. The largest absolute Gasteiger partial charge is 0.297 e. The highest BCUT2D eigenvalue weighted by Crippen LogP contribution is 2.21. The van der Waals surface area contributed by atoms with Crippen LogP contribution in [0.4, 0.5) is 5.13 Å². The standard InChI is InChI=1S/C17H22N4OS/c1-12-6-8-21(9-7-12)10-14-11-23-17(19-14)20-16(22)15-5-3-4-13(2)18-15/h3-5,11-12H,6-10H2,1-2H3,(H,19,20,22). The molecule has 1 amide bonds. The van der Waals surface area contributed by atoms with Crippen molar-refractivity contribution in [1.82, 2.24) is 14.9 Å². The van der Waals surface area contributed by atoms with Crippen molar-refractivity contribution in [3.8, 4) is 0 Å². The molecule has 1 aliphatic heterocycles. The smallest absolute Gasteiger partial charge is 0.276 e. The van der Waals surface area contributed by atoms with Crippen LogP contribution in [0.3, 0.4) is 0 Å². The first-order chi connectivity index (χ1) is 11.1. The third kappa shape index (κ3) is 4.36. The average molecular weight is 330 g/mol. The highest BCUT2D eigenvalue weighted by atomic mass is 32.1. The van der Waals surface area contributed by atoms with Crippen molar-refractivity contribution in [2.75, 3.05) is 18.4 Å². The summed E-state index contributed by atoms with van der Waals surface area (Å²) in [4.78, 5) is 23.4. The van der Waals surface area contributed by atoms with E-state index in [4.69, 9.17) is 0 Å².